The molecule has 0 fully saturated rings. The Labute approximate surface area is 118 Å². The zero-order valence-corrected chi connectivity index (χ0v) is 11.2. The second-order valence-electron chi connectivity index (χ2n) is 4.07. The van der Waals surface area contributed by atoms with Gasteiger partial charge < -0.3 is 9.52 Å². The van der Waals surface area contributed by atoms with Gasteiger partial charge in [-0.25, -0.2) is 13.2 Å². The van der Waals surface area contributed by atoms with Gasteiger partial charge in [-0.1, -0.05) is 0 Å². The highest BCUT2D eigenvalue weighted by Crippen LogP contribution is 2.22. The normalized spacial score (nSPS) is 11.2. The minimum Gasteiger partial charge on any atom is -0.478 e. The van der Waals surface area contributed by atoms with Crippen molar-refractivity contribution in [1.29, 1.82) is 0 Å². The van der Waals surface area contributed by atoms with Crippen LogP contribution in [0.4, 0.5) is 5.69 Å². The second-order valence-corrected chi connectivity index (χ2v) is 6.06. The van der Waals surface area contributed by atoms with E-state index < -0.39 is 26.5 Å². The van der Waals surface area contributed by atoms with Crippen molar-refractivity contribution in [2.45, 2.75) is 10.6 Å². The first-order chi connectivity index (χ1) is 9.81. The summed E-state index contributed by atoms with van der Waals surface area (Å²) in [6.07, 6.45) is 1.09. The van der Waals surface area contributed by atoms with E-state index in [4.69, 9.17) is 9.52 Å². The predicted octanol–water partition coefficient (Wildman–Crippen LogP) is 1.86. The lowest BCUT2D eigenvalue weighted by molar-refractivity contribution is -0.384. The van der Waals surface area contributed by atoms with Crippen molar-refractivity contribution >= 4 is 21.5 Å². The van der Waals surface area contributed by atoms with Crippen LogP contribution in [0.2, 0.25) is 0 Å². The summed E-state index contributed by atoms with van der Waals surface area (Å²) in [5.74, 6) is -2.13. The largest absolute Gasteiger partial charge is 0.478 e. The van der Waals surface area contributed by atoms with Crippen molar-refractivity contribution in [2.24, 2.45) is 0 Å². The summed E-state index contributed by atoms with van der Waals surface area (Å²) in [5, 5.41) is 19.4. The third-order valence-electron chi connectivity index (χ3n) is 2.70. The van der Waals surface area contributed by atoms with E-state index in [0.29, 0.717) is 0 Å². The van der Waals surface area contributed by atoms with Crippen molar-refractivity contribution < 1.29 is 27.7 Å². The Morgan fingerprint density at radius 3 is 2.38 bits per heavy atom. The smallest absolute Gasteiger partial charge is 0.339 e. The van der Waals surface area contributed by atoms with Gasteiger partial charge in [0.15, 0.2) is 9.84 Å². The van der Waals surface area contributed by atoms with Crippen LogP contribution < -0.4 is 0 Å². The van der Waals surface area contributed by atoms with E-state index >= 15 is 0 Å². The molecule has 110 valence electrons. The molecule has 0 spiro atoms. The average molecular weight is 311 g/mol. The first-order valence-electron chi connectivity index (χ1n) is 5.58. The fourth-order valence-corrected chi connectivity index (χ4v) is 2.96. The summed E-state index contributed by atoms with van der Waals surface area (Å²) in [6, 6.07) is 5.47. The summed E-state index contributed by atoms with van der Waals surface area (Å²) >= 11 is 0. The lowest BCUT2D eigenvalue weighted by Crippen LogP contribution is -2.08. The molecule has 1 heterocycles. The van der Waals surface area contributed by atoms with Crippen LogP contribution in [0.25, 0.3) is 0 Å². The molecule has 0 amide bonds. The molecule has 0 radical (unpaired) electrons. The monoisotopic (exact) mass is 311 g/mol. The van der Waals surface area contributed by atoms with Crippen LogP contribution in [0.5, 0.6) is 0 Å². The number of hydrogen-bond acceptors (Lipinski definition) is 6. The molecule has 0 aliphatic heterocycles. The molecule has 2 rings (SSSR count). The molecule has 1 N–H and O–H groups in total. The standard InChI is InChI=1S/C12H9NO7S/c14-12(15)10-5-6-20-11(10)7-21(18,19)9-3-1-8(2-4-9)13(16)17/h1-6H,7H2,(H,14,15). The van der Waals surface area contributed by atoms with Gasteiger partial charge in [0.05, 0.1) is 16.1 Å². The molecule has 1 aromatic carbocycles. The number of rotatable bonds is 5. The van der Waals surface area contributed by atoms with Gasteiger partial charge in [-0.15, -0.1) is 0 Å². The van der Waals surface area contributed by atoms with Crippen LogP contribution in [-0.2, 0) is 15.6 Å². The Balaban J connectivity index is 2.32. The molecule has 2 aromatic rings. The van der Waals surface area contributed by atoms with Gasteiger partial charge >= 0.3 is 5.97 Å². The van der Waals surface area contributed by atoms with Gasteiger partial charge in [0, 0.05) is 12.1 Å². The Kier molecular flexibility index (Phi) is 3.76. The number of nitro groups is 1. The maximum absolute atomic E-state index is 12.1. The summed E-state index contributed by atoms with van der Waals surface area (Å²) in [7, 11) is -3.86. The summed E-state index contributed by atoms with van der Waals surface area (Å²) in [5.41, 5.74) is -0.473. The van der Waals surface area contributed by atoms with E-state index in [1.54, 1.807) is 0 Å². The summed E-state index contributed by atoms with van der Waals surface area (Å²) in [4.78, 5) is 20.6. The minimum absolute atomic E-state index is 0.152. The third-order valence-corrected chi connectivity index (χ3v) is 4.34. The van der Waals surface area contributed by atoms with Gasteiger partial charge in [-0.05, 0) is 18.2 Å². The fourth-order valence-electron chi connectivity index (χ4n) is 1.67. The van der Waals surface area contributed by atoms with Crippen molar-refractivity contribution in [3.8, 4) is 0 Å². The summed E-state index contributed by atoms with van der Waals surface area (Å²) in [6.45, 7) is 0. The SMILES string of the molecule is O=C(O)c1ccoc1CS(=O)(=O)c1ccc([N+](=O)[O-])cc1. The maximum Gasteiger partial charge on any atom is 0.339 e. The van der Waals surface area contributed by atoms with E-state index in [1.165, 1.54) is 0 Å². The first kappa shape index (κ1) is 14.7. The topological polar surface area (TPSA) is 128 Å². The van der Waals surface area contributed by atoms with Gasteiger partial charge in [-0.3, -0.25) is 10.1 Å². The van der Waals surface area contributed by atoms with Crippen LogP contribution in [0.3, 0.4) is 0 Å². The molecule has 0 aliphatic carbocycles. The van der Waals surface area contributed by atoms with Crippen LogP contribution in [0.1, 0.15) is 16.1 Å². The van der Waals surface area contributed by atoms with Crippen molar-refractivity contribution in [3.63, 3.8) is 0 Å². The molecule has 9 heteroatoms. The Bertz CT molecular complexity index is 789. The van der Waals surface area contributed by atoms with Gasteiger partial charge in [-0.2, -0.15) is 0 Å². The van der Waals surface area contributed by atoms with Gasteiger partial charge in [0.25, 0.3) is 5.69 Å². The number of aromatic carboxylic acids is 1. The first-order valence-corrected chi connectivity index (χ1v) is 7.23. The number of carbonyl (C=O) groups is 1. The van der Waals surface area contributed by atoms with Gasteiger partial charge in [0.2, 0.25) is 0 Å². The van der Waals surface area contributed by atoms with Crippen molar-refractivity contribution in [2.75, 3.05) is 0 Å². The molecule has 8 nitrogen and oxygen atoms in total. The van der Waals surface area contributed by atoms with Crippen LogP contribution in [0.15, 0.2) is 45.9 Å². The number of hydrogen-bond donors (Lipinski definition) is 1. The Hall–Kier alpha value is -2.68. The zero-order chi connectivity index (χ0) is 15.6. The molecule has 0 saturated carbocycles. The highest BCUT2D eigenvalue weighted by molar-refractivity contribution is 7.90. The number of carboxylic acid groups (broad SMARTS) is 1. The number of benzene rings is 1. The zero-order valence-electron chi connectivity index (χ0n) is 10.4. The highest BCUT2D eigenvalue weighted by atomic mass is 32.2. The Morgan fingerprint density at radius 2 is 1.86 bits per heavy atom. The average Bonchev–Trinajstić information content (AvgIpc) is 2.86. The molecule has 0 saturated heterocycles. The molecule has 0 aliphatic rings. The number of sulfone groups is 1. The molecule has 21 heavy (non-hydrogen) atoms. The van der Waals surface area contributed by atoms with E-state index in [-0.39, 0.29) is 21.9 Å². The van der Waals surface area contributed by atoms with E-state index in [1.807, 2.05) is 0 Å². The highest BCUT2D eigenvalue weighted by Gasteiger charge is 2.23. The van der Waals surface area contributed by atoms with Gasteiger partial charge in [0.1, 0.15) is 17.1 Å². The number of carboxylic acids is 1. The van der Waals surface area contributed by atoms with E-state index in [9.17, 15) is 23.3 Å². The predicted molar refractivity (Wildman–Crippen MR) is 69.7 cm³/mol. The quantitative estimate of drug-likeness (QED) is 0.659. The third kappa shape index (κ3) is 3.08. The lowest BCUT2D eigenvalue weighted by Gasteiger charge is -2.03. The van der Waals surface area contributed by atoms with Crippen LogP contribution in [0, 0.1) is 10.1 Å². The number of furan rings is 1. The fraction of sp³-hybridized carbons (Fsp3) is 0.0833. The summed E-state index contributed by atoms with van der Waals surface area (Å²) < 4.78 is 29.1. The molecule has 0 unspecified atom stereocenters. The van der Waals surface area contributed by atoms with Crippen LogP contribution >= 0.6 is 0 Å². The minimum atomic E-state index is -3.86. The van der Waals surface area contributed by atoms with E-state index in [0.717, 1.165) is 36.6 Å². The molecular weight excluding hydrogens is 302 g/mol. The van der Waals surface area contributed by atoms with Crippen LogP contribution in [-0.4, -0.2) is 24.4 Å². The molecule has 1 aromatic heterocycles. The molecular formula is C12H9NO7S. The lowest BCUT2D eigenvalue weighted by atomic mass is 10.3. The number of non-ortho nitro benzene ring substituents is 1. The van der Waals surface area contributed by atoms with E-state index in [2.05, 4.69) is 0 Å². The van der Waals surface area contributed by atoms with Crippen molar-refractivity contribution in [3.05, 3.63) is 58.0 Å². The molecule has 0 bridgehead atoms. The maximum atomic E-state index is 12.1. The molecule has 0 atom stereocenters. The van der Waals surface area contributed by atoms with Crippen molar-refractivity contribution in [1.82, 2.24) is 0 Å². The number of nitrogens with zero attached hydrogens (tertiary/aromatic N) is 1. The number of nitro benzene ring substituents is 1. The second kappa shape index (κ2) is 5.37. The Morgan fingerprint density at radius 1 is 1.24 bits per heavy atom.